The molecule has 15 heavy (non-hydrogen) atoms. The smallest absolute Gasteiger partial charge is 0.207 e. The van der Waals surface area contributed by atoms with Crippen LogP contribution in [0.3, 0.4) is 0 Å². The zero-order valence-corrected chi connectivity index (χ0v) is 8.09. The molecule has 1 heterocycles. The van der Waals surface area contributed by atoms with Gasteiger partial charge in [-0.3, -0.25) is 15.1 Å². The van der Waals surface area contributed by atoms with Crippen molar-refractivity contribution in [3.63, 3.8) is 0 Å². The molecule has 2 rings (SSSR count). The highest BCUT2D eigenvalue weighted by Crippen LogP contribution is 2.12. The average Bonchev–Trinajstić information content (AvgIpc) is 2.26. The number of benzene rings is 1. The summed E-state index contributed by atoms with van der Waals surface area (Å²) in [6, 6.07) is 9.68. The van der Waals surface area contributed by atoms with Crippen molar-refractivity contribution >= 4 is 10.9 Å². The Balaban J connectivity index is 2.26. The summed E-state index contributed by atoms with van der Waals surface area (Å²) in [7, 11) is 0. The van der Waals surface area contributed by atoms with Crippen LogP contribution in [-0.2, 0) is 6.42 Å². The first-order chi connectivity index (χ1) is 7.25. The molecule has 4 nitrogen and oxygen atoms in total. The Bertz CT molecular complexity index is 497. The van der Waals surface area contributed by atoms with Crippen LogP contribution in [0, 0.1) is 10.1 Å². The summed E-state index contributed by atoms with van der Waals surface area (Å²) in [6.45, 7) is -0.0416. The molecule has 0 fully saturated rings. The van der Waals surface area contributed by atoms with Crippen LogP contribution in [0.15, 0.2) is 36.5 Å². The number of nitrogens with zero attached hydrogens (tertiary/aromatic N) is 2. The highest BCUT2D eigenvalue weighted by Gasteiger charge is 2.01. The minimum Gasteiger partial charge on any atom is -0.265 e. The van der Waals surface area contributed by atoms with Crippen LogP contribution >= 0.6 is 0 Å². The highest BCUT2D eigenvalue weighted by molar-refractivity contribution is 5.78. The van der Waals surface area contributed by atoms with E-state index in [1.54, 1.807) is 6.20 Å². The molecule has 0 bridgehead atoms. The predicted octanol–water partition coefficient (Wildman–Crippen LogP) is 2.05. The number of para-hydroxylation sites is 1. The second kappa shape index (κ2) is 4.04. The third kappa shape index (κ3) is 2.28. The van der Waals surface area contributed by atoms with E-state index in [9.17, 15) is 10.1 Å². The van der Waals surface area contributed by atoms with Crippen molar-refractivity contribution in [3.05, 3.63) is 52.2 Å². The maximum atomic E-state index is 10.2. The van der Waals surface area contributed by atoms with E-state index in [1.807, 2.05) is 30.3 Å². The normalized spacial score (nSPS) is 10.4. The summed E-state index contributed by atoms with van der Waals surface area (Å²) in [5, 5.41) is 11.2. The number of aromatic nitrogens is 1. The third-order valence-corrected chi connectivity index (χ3v) is 2.23. The van der Waals surface area contributed by atoms with Crippen molar-refractivity contribution in [2.24, 2.45) is 0 Å². The summed E-state index contributed by atoms with van der Waals surface area (Å²) < 4.78 is 0. The zero-order valence-electron chi connectivity index (χ0n) is 8.09. The Morgan fingerprint density at radius 1 is 1.33 bits per heavy atom. The van der Waals surface area contributed by atoms with Gasteiger partial charge in [0.05, 0.1) is 5.52 Å². The summed E-state index contributed by atoms with van der Waals surface area (Å²) in [5.74, 6) is 0. The molecule has 0 saturated carbocycles. The summed E-state index contributed by atoms with van der Waals surface area (Å²) in [4.78, 5) is 14.1. The van der Waals surface area contributed by atoms with E-state index in [1.165, 1.54) is 0 Å². The Hall–Kier alpha value is -1.97. The molecule has 0 atom stereocenters. The SMILES string of the molecule is O=[N+]([O-])CCc1cnc2ccccc2c1. The van der Waals surface area contributed by atoms with Gasteiger partial charge < -0.3 is 0 Å². The number of rotatable bonds is 3. The van der Waals surface area contributed by atoms with E-state index in [0.29, 0.717) is 6.42 Å². The van der Waals surface area contributed by atoms with Crippen molar-refractivity contribution < 1.29 is 4.92 Å². The van der Waals surface area contributed by atoms with Crippen molar-refractivity contribution in [1.82, 2.24) is 4.98 Å². The highest BCUT2D eigenvalue weighted by atomic mass is 16.6. The second-order valence-electron chi connectivity index (χ2n) is 3.34. The summed E-state index contributed by atoms with van der Waals surface area (Å²) >= 11 is 0. The topological polar surface area (TPSA) is 56.0 Å². The average molecular weight is 202 g/mol. The van der Waals surface area contributed by atoms with Crippen LogP contribution < -0.4 is 0 Å². The van der Waals surface area contributed by atoms with Gasteiger partial charge in [-0.15, -0.1) is 0 Å². The summed E-state index contributed by atoms with van der Waals surface area (Å²) in [6.07, 6.45) is 2.14. The first-order valence-corrected chi connectivity index (χ1v) is 4.71. The Morgan fingerprint density at radius 2 is 2.13 bits per heavy atom. The van der Waals surface area contributed by atoms with Crippen molar-refractivity contribution in [2.75, 3.05) is 6.54 Å². The van der Waals surface area contributed by atoms with Crippen LogP contribution in [-0.4, -0.2) is 16.5 Å². The molecule has 0 aliphatic carbocycles. The van der Waals surface area contributed by atoms with Crippen molar-refractivity contribution in [2.45, 2.75) is 6.42 Å². The second-order valence-corrected chi connectivity index (χ2v) is 3.34. The van der Waals surface area contributed by atoms with Crippen LogP contribution in [0.4, 0.5) is 0 Å². The minimum absolute atomic E-state index is 0.0416. The van der Waals surface area contributed by atoms with Crippen LogP contribution in [0.25, 0.3) is 10.9 Å². The van der Waals surface area contributed by atoms with E-state index >= 15 is 0 Å². The Labute approximate surface area is 86.7 Å². The van der Waals surface area contributed by atoms with E-state index in [2.05, 4.69) is 4.98 Å². The van der Waals surface area contributed by atoms with Crippen LogP contribution in [0.2, 0.25) is 0 Å². The lowest BCUT2D eigenvalue weighted by molar-refractivity contribution is -0.479. The lowest BCUT2D eigenvalue weighted by Gasteiger charge is -2.00. The lowest BCUT2D eigenvalue weighted by atomic mass is 10.1. The molecule has 76 valence electrons. The molecule has 0 spiro atoms. The third-order valence-electron chi connectivity index (χ3n) is 2.23. The fourth-order valence-electron chi connectivity index (χ4n) is 1.47. The van der Waals surface area contributed by atoms with E-state index < -0.39 is 0 Å². The number of nitro groups is 1. The number of hydrogen-bond acceptors (Lipinski definition) is 3. The zero-order chi connectivity index (χ0) is 10.7. The number of hydrogen-bond donors (Lipinski definition) is 0. The lowest BCUT2D eigenvalue weighted by Crippen LogP contribution is -2.04. The first-order valence-electron chi connectivity index (χ1n) is 4.71. The van der Waals surface area contributed by atoms with Crippen molar-refractivity contribution in [3.8, 4) is 0 Å². The molecule has 4 heteroatoms. The molecular formula is C11H10N2O2. The summed E-state index contributed by atoms with van der Waals surface area (Å²) in [5.41, 5.74) is 1.83. The predicted molar refractivity (Wildman–Crippen MR) is 57.3 cm³/mol. The van der Waals surface area contributed by atoms with Crippen LogP contribution in [0.5, 0.6) is 0 Å². The fourth-order valence-corrected chi connectivity index (χ4v) is 1.47. The maximum Gasteiger partial charge on any atom is 0.207 e. The Morgan fingerprint density at radius 3 is 2.93 bits per heavy atom. The molecule has 0 aliphatic rings. The molecule has 1 aromatic carbocycles. The monoisotopic (exact) mass is 202 g/mol. The molecule has 0 aliphatic heterocycles. The molecule has 0 N–H and O–H groups in total. The van der Waals surface area contributed by atoms with Gasteiger partial charge in [0, 0.05) is 22.9 Å². The van der Waals surface area contributed by atoms with Crippen molar-refractivity contribution in [1.29, 1.82) is 0 Å². The molecular weight excluding hydrogens is 192 g/mol. The van der Waals surface area contributed by atoms with Gasteiger partial charge in [-0.25, -0.2) is 0 Å². The minimum atomic E-state index is -0.310. The van der Waals surface area contributed by atoms with Gasteiger partial charge in [0.1, 0.15) is 0 Å². The largest absolute Gasteiger partial charge is 0.265 e. The van der Waals surface area contributed by atoms with Gasteiger partial charge >= 0.3 is 0 Å². The van der Waals surface area contributed by atoms with Crippen LogP contribution in [0.1, 0.15) is 5.56 Å². The van der Waals surface area contributed by atoms with E-state index in [-0.39, 0.29) is 11.5 Å². The number of pyridine rings is 1. The van der Waals surface area contributed by atoms with Gasteiger partial charge in [-0.2, -0.15) is 0 Å². The first kappa shape index (κ1) is 9.58. The van der Waals surface area contributed by atoms with Gasteiger partial charge in [0.2, 0.25) is 6.54 Å². The van der Waals surface area contributed by atoms with Gasteiger partial charge in [0.25, 0.3) is 0 Å². The molecule has 0 radical (unpaired) electrons. The Kier molecular flexibility index (Phi) is 2.58. The van der Waals surface area contributed by atoms with Gasteiger partial charge in [-0.05, 0) is 17.7 Å². The van der Waals surface area contributed by atoms with Gasteiger partial charge in [-0.1, -0.05) is 18.2 Å². The molecule has 0 saturated heterocycles. The standard InChI is InChI=1S/C11H10N2O2/c14-13(15)6-5-9-7-10-3-1-2-4-11(10)12-8-9/h1-4,7-8H,5-6H2. The maximum absolute atomic E-state index is 10.2. The molecule has 0 amide bonds. The van der Waals surface area contributed by atoms with E-state index in [4.69, 9.17) is 0 Å². The number of fused-ring (bicyclic) bond motifs is 1. The van der Waals surface area contributed by atoms with E-state index in [0.717, 1.165) is 16.5 Å². The van der Waals surface area contributed by atoms with Gasteiger partial charge in [0.15, 0.2) is 0 Å². The quantitative estimate of drug-likeness (QED) is 0.565. The molecule has 0 unspecified atom stereocenters. The molecule has 1 aromatic heterocycles. The molecule has 2 aromatic rings. The fraction of sp³-hybridized carbons (Fsp3) is 0.182.